The third-order valence-electron chi connectivity index (χ3n) is 11.9. The second kappa shape index (κ2) is 8.33. The van der Waals surface area contributed by atoms with Gasteiger partial charge >= 0.3 is 11.9 Å². The van der Waals surface area contributed by atoms with E-state index in [1.54, 1.807) is 0 Å². The van der Waals surface area contributed by atoms with Crippen molar-refractivity contribution in [3.63, 3.8) is 0 Å². The van der Waals surface area contributed by atoms with Gasteiger partial charge in [-0.2, -0.15) is 0 Å². The third kappa shape index (κ3) is 3.81. The van der Waals surface area contributed by atoms with E-state index in [0.29, 0.717) is 30.1 Å². The van der Waals surface area contributed by atoms with Gasteiger partial charge < -0.3 is 14.6 Å². The first-order valence-electron chi connectivity index (χ1n) is 14.1. The van der Waals surface area contributed by atoms with Gasteiger partial charge in [0.05, 0.1) is 5.60 Å². The Balaban J connectivity index is 1.42. The van der Waals surface area contributed by atoms with Gasteiger partial charge in [-0.15, -0.1) is 0 Å². The van der Waals surface area contributed by atoms with E-state index in [9.17, 15) is 14.7 Å². The Labute approximate surface area is 211 Å². The van der Waals surface area contributed by atoms with Crippen LogP contribution < -0.4 is 0 Å². The molecular formula is C30H46O5. The van der Waals surface area contributed by atoms with E-state index < -0.39 is 11.2 Å². The van der Waals surface area contributed by atoms with Crippen molar-refractivity contribution < 1.29 is 24.2 Å². The fourth-order valence-electron chi connectivity index (χ4n) is 9.87. The van der Waals surface area contributed by atoms with Gasteiger partial charge in [-0.3, -0.25) is 4.79 Å². The number of esters is 2. The maximum Gasteiger partial charge on any atom is 0.333 e. The standard InChI is InChI=1S/C30H46O5/c1-18-7-9-23(34-26(18)32)19(2)21-12-15-29(6)22-8-10-24(27(3,4)33)30(16-13-25(31)35-30)17-20(22)11-14-28(21,29)5/h7,19-24,33H,8-17H2,1-6H3. The molecule has 5 nitrogen and oxygen atoms in total. The van der Waals surface area contributed by atoms with Crippen LogP contribution in [0.2, 0.25) is 0 Å². The minimum absolute atomic E-state index is 0.0188. The van der Waals surface area contributed by atoms with Gasteiger partial charge in [0, 0.05) is 24.3 Å². The molecule has 2 aliphatic heterocycles. The molecule has 0 aromatic heterocycles. The molecule has 1 saturated heterocycles. The third-order valence-corrected chi connectivity index (χ3v) is 11.9. The average Bonchev–Trinajstić information content (AvgIpc) is 3.20. The topological polar surface area (TPSA) is 72.8 Å². The molecule has 1 spiro atoms. The summed E-state index contributed by atoms with van der Waals surface area (Å²) in [6.07, 6.45) is 11.7. The van der Waals surface area contributed by atoms with Gasteiger partial charge in [0.1, 0.15) is 11.7 Å². The number of fused-ring (bicyclic) bond motifs is 3. The first-order valence-corrected chi connectivity index (χ1v) is 14.1. The highest BCUT2D eigenvalue weighted by atomic mass is 16.6. The monoisotopic (exact) mass is 486 g/mol. The van der Waals surface area contributed by atoms with Gasteiger partial charge in [0.15, 0.2) is 0 Å². The van der Waals surface area contributed by atoms with Crippen LogP contribution in [0.4, 0.5) is 0 Å². The minimum atomic E-state index is -0.869. The highest BCUT2D eigenvalue weighted by molar-refractivity contribution is 5.88. The summed E-state index contributed by atoms with van der Waals surface area (Å²) in [6, 6.07) is 0. The molecule has 3 saturated carbocycles. The van der Waals surface area contributed by atoms with Crippen LogP contribution in [0.25, 0.3) is 0 Å². The Bertz CT molecular complexity index is 916. The van der Waals surface area contributed by atoms with E-state index in [1.807, 2.05) is 20.8 Å². The lowest BCUT2D eigenvalue weighted by Gasteiger charge is -2.57. The first-order chi connectivity index (χ1) is 16.3. The molecule has 9 unspecified atom stereocenters. The fraction of sp³-hybridized carbons (Fsp3) is 0.867. The number of ether oxygens (including phenoxy) is 2. The predicted molar refractivity (Wildman–Crippen MR) is 134 cm³/mol. The summed E-state index contributed by atoms with van der Waals surface area (Å²) < 4.78 is 12.0. The summed E-state index contributed by atoms with van der Waals surface area (Å²) in [5.41, 5.74) is -0.240. The summed E-state index contributed by atoms with van der Waals surface area (Å²) in [7, 11) is 0. The minimum Gasteiger partial charge on any atom is -0.459 e. The smallest absolute Gasteiger partial charge is 0.333 e. The molecule has 0 radical (unpaired) electrons. The molecule has 35 heavy (non-hydrogen) atoms. The summed E-state index contributed by atoms with van der Waals surface area (Å²) in [5, 5.41) is 11.2. The van der Waals surface area contributed by atoms with Gasteiger partial charge in [-0.25, -0.2) is 4.79 Å². The van der Waals surface area contributed by atoms with Crippen molar-refractivity contribution in [3.05, 3.63) is 11.6 Å². The summed E-state index contributed by atoms with van der Waals surface area (Å²) >= 11 is 0. The maximum atomic E-state index is 12.3. The van der Waals surface area contributed by atoms with Crippen molar-refractivity contribution in [1.29, 1.82) is 0 Å². The van der Waals surface area contributed by atoms with Crippen LogP contribution in [0.3, 0.4) is 0 Å². The van der Waals surface area contributed by atoms with E-state index in [0.717, 1.165) is 44.1 Å². The van der Waals surface area contributed by atoms with Crippen LogP contribution in [0.15, 0.2) is 11.6 Å². The molecule has 0 amide bonds. The van der Waals surface area contributed by atoms with E-state index in [4.69, 9.17) is 9.47 Å². The molecule has 9 atom stereocenters. The largest absolute Gasteiger partial charge is 0.459 e. The summed E-state index contributed by atoms with van der Waals surface area (Å²) in [4.78, 5) is 24.6. The highest BCUT2D eigenvalue weighted by Crippen LogP contribution is 2.71. The Morgan fingerprint density at radius 3 is 2.40 bits per heavy atom. The number of hydrogen-bond acceptors (Lipinski definition) is 5. The maximum absolute atomic E-state index is 12.3. The van der Waals surface area contributed by atoms with E-state index in [-0.39, 0.29) is 34.8 Å². The van der Waals surface area contributed by atoms with E-state index in [2.05, 4.69) is 26.8 Å². The van der Waals surface area contributed by atoms with Crippen LogP contribution in [0.5, 0.6) is 0 Å². The predicted octanol–water partition coefficient (Wildman–Crippen LogP) is 5.98. The number of cyclic esters (lactones) is 1. The molecule has 2 heterocycles. The lowest BCUT2D eigenvalue weighted by Crippen LogP contribution is -2.52. The van der Waals surface area contributed by atoms with Gasteiger partial charge in [0.2, 0.25) is 0 Å². The van der Waals surface area contributed by atoms with Crippen molar-refractivity contribution in [3.8, 4) is 0 Å². The molecule has 0 aromatic carbocycles. The number of hydrogen-bond donors (Lipinski definition) is 1. The van der Waals surface area contributed by atoms with Crippen molar-refractivity contribution >= 4 is 11.9 Å². The zero-order valence-electron chi connectivity index (χ0n) is 22.7. The molecule has 0 bridgehead atoms. The van der Waals surface area contributed by atoms with Gasteiger partial charge in [-0.05, 0) is 107 Å². The van der Waals surface area contributed by atoms with E-state index in [1.165, 1.54) is 19.3 Å². The lowest BCUT2D eigenvalue weighted by atomic mass is 9.48. The Hall–Kier alpha value is -1.36. The molecule has 196 valence electrons. The number of carbonyl (C=O) groups is 2. The van der Waals surface area contributed by atoms with Gasteiger partial charge in [0.25, 0.3) is 0 Å². The second-order valence-electron chi connectivity index (χ2n) is 13.8. The normalized spacial score (nSPS) is 46.8. The Morgan fingerprint density at radius 2 is 1.77 bits per heavy atom. The Morgan fingerprint density at radius 1 is 1.06 bits per heavy atom. The number of rotatable bonds is 3. The molecule has 4 fully saturated rings. The van der Waals surface area contributed by atoms with Crippen molar-refractivity contribution in [2.24, 2.45) is 40.4 Å². The lowest BCUT2D eigenvalue weighted by molar-refractivity contribution is -0.167. The molecule has 5 aliphatic rings. The molecule has 5 rings (SSSR count). The van der Waals surface area contributed by atoms with Crippen molar-refractivity contribution in [2.45, 2.75) is 123 Å². The zero-order valence-corrected chi connectivity index (χ0v) is 22.7. The van der Waals surface area contributed by atoms with Crippen molar-refractivity contribution in [1.82, 2.24) is 0 Å². The van der Waals surface area contributed by atoms with Crippen LogP contribution in [0, 0.1) is 40.4 Å². The summed E-state index contributed by atoms with van der Waals surface area (Å²) in [5.74, 6) is 1.70. The second-order valence-corrected chi connectivity index (χ2v) is 13.8. The Kier molecular flexibility index (Phi) is 6.02. The summed E-state index contributed by atoms with van der Waals surface area (Å²) in [6.45, 7) is 13.0. The number of aliphatic hydroxyl groups is 1. The molecular weight excluding hydrogens is 440 g/mol. The zero-order chi connectivity index (χ0) is 25.4. The fourth-order valence-corrected chi connectivity index (χ4v) is 9.87. The van der Waals surface area contributed by atoms with Crippen LogP contribution in [-0.2, 0) is 19.1 Å². The van der Waals surface area contributed by atoms with Gasteiger partial charge in [-0.1, -0.05) is 26.8 Å². The first kappa shape index (κ1) is 25.3. The average molecular weight is 487 g/mol. The van der Waals surface area contributed by atoms with Crippen LogP contribution >= 0.6 is 0 Å². The molecule has 1 N–H and O–H groups in total. The van der Waals surface area contributed by atoms with Crippen LogP contribution in [0.1, 0.15) is 106 Å². The van der Waals surface area contributed by atoms with E-state index >= 15 is 0 Å². The highest BCUT2D eigenvalue weighted by Gasteiger charge is 2.65. The van der Waals surface area contributed by atoms with Crippen LogP contribution in [-0.4, -0.2) is 34.4 Å². The molecule has 0 aromatic rings. The molecule has 3 aliphatic carbocycles. The SMILES string of the molecule is CC1=CCC(C(C)C2CCC3(C)C4CCC(C(C)(C)O)C5(CCC(=O)O5)CC4CCC23C)OC1=O. The van der Waals surface area contributed by atoms with Crippen molar-refractivity contribution in [2.75, 3.05) is 0 Å². The number of carbonyl (C=O) groups excluding carboxylic acids is 2. The molecule has 5 heteroatoms. The quantitative estimate of drug-likeness (QED) is 0.497.